The zero-order chi connectivity index (χ0) is 28.7. The summed E-state index contributed by atoms with van der Waals surface area (Å²) in [5.41, 5.74) is 1.22. The van der Waals surface area contributed by atoms with Crippen LogP contribution < -0.4 is 10.4 Å². The molecule has 3 aromatic carbocycles. The molecule has 0 N–H and O–H groups in total. The minimum atomic E-state index is -3.09. The van der Waals surface area contributed by atoms with E-state index in [1.165, 1.54) is 39.5 Å². The number of benzene rings is 3. The number of rotatable bonds is 8. The lowest BCUT2D eigenvalue weighted by atomic mass is 9.78. The summed E-state index contributed by atoms with van der Waals surface area (Å²) in [6.07, 6.45) is 0.946. The van der Waals surface area contributed by atoms with Gasteiger partial charge in [0.25, 0.3) is 0 Å². The van der Waals surface area contributed by atoms with Gasteiger partial charge in [0.05, 0.1) is 34.8 Å². The maximum atomic E-state index is 13.7. The second-order valence-corrected chi connectivity index (χ2v) is 12.8. The number of alkyl halides is 2. The normalized spacial score (nSPS) is 16.3. The largest absolute Gasteiger partial charge is 0.435 e. The molecule has 0 atom stereocenters. The highest BCUT2D eigenvalue weighted by atomic mass is 32.2. The first-order valence-corrected chi connectivity index (χ1v) is 14.5. The Morgan fingerprint density at radius 1 is 1.00 bits per heavy atom. The fourth-order valence-corrected chi connectivity index (χ4v) is 6.91. The highest BCUT2D eigenvalue weighted by Gasteiger charge is 2.35. The summed E-state index contributed by atoms with van der Waals surface area (Å²) in [5.74, 6) is -0.627. The second kappa shape index (κ2) is 10.6. The molecule has 1 fully saturated rings. The van der Waals surface area contributed by atoms with Crippen LogP contribution in [-0.2, 0) is 16.4 Å². The first kappa shape index (κ1) is 27.7. The van der Waals surface area contributed by atoms with Crippen molar-refractivity contribution in [3.05, 3.63) is 94.2 Å². The number of fused-ring (bicyclic) bond motifs is 1. The number of imidazole rings is 1. The summed E-state index contributed by atoms with van der Waals surface area (Å²) < 4.78 is 70.2. The lowest BCUT2D eigenvalue weighted by Gasteiger charge is -2.32. The number of Topliss-reactive ketones (excluding diaryl/α,β-unsaturated/α-hetero) is 1. The van der Waals surface area contributed by atoms with E-state index in [4.69, 9.17) is 0 Å². The highest BCUT2D eigenvalue weighted by Crippen LogP contribution is 2.37. The Morgan fingerprint density at radius 2 is 1.70 bits per heavy atom. The molecule has 1 saturated heterocycles. The van der Waals surface area contributed by atoms with E-state index in [-0.39, 0.29) is 36.0 Å². The quantitative estimate of drug-likeness (QED) is 0.265. The van der Waals surface area contributed by atoms with Crippen molar-refractivity contribution in [1.82, 2.24) is 9.13 Å². The predicted octanol–water partition coefficient (Wildman–Crippen LogP) is 5.37. The smallest absolute Gasteiger partial charge is 0.387 e. The van der Waals surface area contributed by atoms with Crippen LogP contribution in [0.4, 0.5) is 13.2 Å². The van der Waals surface area contributed by atoms with Crippen LogP contribution in [0.3, 0.4) is 0 Å². The molecule has 0 bridgehead atoms. The number of carbonyl (C=O) groups is 1. The number of nitrogens with zero attached hydrogens (tertiary/aromatic N) is 2. The molecule has 11 heteroatoms. The number of carbonyl (C=O) groups excluding carboxylic acids is 1. The standard InChI is InChI=1S/C29H27F3N2O5S/c1-29(11-13-40(37,38)14-12-29)17-26(35)20-7-10-24-25(15-20)33(18-19-5-8-21(30)9-6-19)28(36)34(24)22-3-2-4-23(16-22)39-27(31)32/h2-10,15-16,27H,11-14,17-18H2,1H3. The monoisotopic (exact) mass is 572 g/mol. The van der Waals surface area contributed by atoms with Gasteiger partial charge in [-0.25, -0.2) is 17.6 Å². The molecule has 0 radical (unpaired) electrons. The van der Waals surface area contributed by atoms with E-state index in [1.807, 2.05) is 6.92 Å². The Hall–Kier alpha value is -3.86. The Labute approximate surface area is 228 Å². The fraction of sp³-hybridized carbons (Fsp3) is 0.310. The van der Waals surface area contributed by atoms with Gasteiger partial charge in [0.2, 0.25) is 0 Å². The summed E-state index contributed by atoms with van der Waals surface area (Å²) in [6.45, 7) is -1.05. The van der Waals surface area contributed by atoms with Crippen LogP contribution in [0.2, 0.25) is 0 Å². The Kier molecular flexibility index (Phi) is 7.34. The molecule has 7 nitrogen and oxygen atoms in total. The van der Waals surface area contributed by atoms with Gasteiger partial charge in [-0.1, -0.05) is 25.1 Å². The third kappa shape index (κ3) is 5.84. The average molecular weight is 573 g/mol. The van der Waals surface area contributed by atoms with Gasteiger partial charge in [0, 0.05) is 18.1 Å². The fourth-order valence-electron chi connectivity index (χ4n) is 5.10. The van der Waals surface area contributed by atoms with E-state index in [0.717, 1.165) is 0 Å². The SMILES string of the molecule is CC1(CC(=O)c2ccc3c(c2)n(Cc2ccc(F)cc2)c(=O)n3-c2cccc(OC(F)F)c2)CCS(=O)(=O)CC1. The summed E-state index contributed by atoms with van der Waals surface area (Å²) in [5, 5.41) is 0. The topological polar surface area (TPSA) is 87.4 Å². The molecule has 0 saturated carbocycles. The second-order valence-electron chi connectivity index (χ2n) is 10.5. The Bertz CT molecular complexity index is 1730. The third-order valence-corrected chi connectivity index (χ3v) is 9.08. The van der Waals surface area contributed by atoms with Crippen LogP contribution in [0.25, 0.3) is 16.7 Å². The van der Waals surface area contributed by atoms with Gasteiger partial charge in [-0.05, 0) is 66.3 Å². The van der Waals surface area contributed by atoms with Gasteiger partial charge in [-0.3, -0.25) is 13.9 Å². The van der Waals surface area contributed by atoms with Crippen molar-refractivity contribution in [3.63, 3.8) is 0 Å². The summed E-state index contributed by atoms with van der Waals surface area (Å²) in [7, 11) is -3.09. The first-order valence-electron chi connectivity index (χ1n) is 12.7. The average Bonchev–Trinajstić information content (AvgIpc) is 3.17. The Morgan fingerprint density at radius 3 is 2.38 bits per heavy atom. The number of halogens is 3. The molecular weight excluding hydrogens is 545 g/mol. The molecule has 1 aliphatic heterocycles. The van der Waals surface area contributed by atoms with Gasteiger partial charge >= 0.3 is 12.3 Å². The lowest BCUT2D eigenvalue weighted by molar-refractivity contribution is -0.0498. The van der Waals surface area contributed by atoms with E-state index < -0.39 is 33.4 Å². The van der Waals surface area contributed by atoms with Crippen LogP contribution in [0.1, 0.15) is 42.1 Å². The molecule has 210 valence electrons. The maximum Gasteiger partial charge on any atom is 0.387 e. The van der Waals surface area contributed by atoms with Crippen LogP contribution in [0, 0.1) is 11.2 Å². The van der Waals surface area contributed by atoms with Gasteiger partial charge in [0.15, 0.2) is 5.78 Å². The van der Waals surface area contributed by atoms with Crippen molar-refractivity contribution in [2.45, 2.75) is 39.3 Å². The zero-order valence-electron chi connectivity index (χ0n) is 21.6. The molecule has 1 aromatic heterocycles. The molecule has 0 spiro atoms. The molecule has 4 aromatic rings. The van der Waals surface area contributed by atoms with Gasteiger partial charge < -0.3 is 4.74 Å². The van der Waals surface area contributed by atoms with Crippen molar-refractivity contribution < 1.29 is 31.1 Å². The van der Waals surface area contributed by atoms with E-state index in [1.54, 1.807) is 36.4 Å². The van der Waals surface area contributed by atoms with Crippen molar-refractivity contribution in [1.29, 1.82) is 0 Å². The molecule has 5 rings (SSSR count). The molecule has 2 heterocycles. The van der Waals surface area contributed by atoms with E-state index in [2.05, 4.69) is 4.74 Å². The zero-order valence-corrected chi connectivity index (χ0v) is 22.5. The van der Waals surface area contributed by atoms with Crippen molar-refractivity contribution in [2.24, 2.45) is 5.41 Å². The highest BCUT2D eigenvalue weighted by molar-refractivity contribution is 7.91. The number of aromatic nitrogens is 2. The molecule has 0 aliphatic carbocycles. The van der Waals surface area contributed by atoms with Crippen molar-refractivity contribution >= 4 is 26.7 Å². The molecule has 40 heavy (non-hydrogen) atoms. The number of ketones is 1. The minimum absolute atomic E-state index is 0.0458. The van der Waals surface area contributed by atoms with Crippen molar-refractivity contribution in [3.8, 4) is 11.4 Å². The van der Waals surface area contributed by atoms with E-state index in [0.29, 0.717) is 40.7 Å². The molecule has 0 unspecified atom stereocenters. The Balaban J connectivity index is 1.57. The number of hydrogen-bond donors (Lipinski definition) is 0. The van der Waals surface area contributed by atoms with Crippen LogP contribution >= 0.6 is 0 Å². The van der Waals surface area contributed by atoms with Crippen LogP contribution in [0.5, 0.6) is 5.75 Å². The predicted molar refractivity (Wildman–Crippen MR) is 145 cm³/mol. The van der Waals surface area contributed by atoms with Gasteiger partial charge in [-0.15, -0.1) is 0 Å². The summed E-state index contributed by atoms with van der Waals surface area (Å²) in [4.78, 5) is 27.1. The summed E-state index contributed by atoms with van der Waals surface area (Å²) >= 11 is 0. The molecule has 0 amide bonds. The van der Waals surface area contributed by atoms with Crippen molar-refractivity contribution in [2.75, 3.05) is 11.5 Å². The lowest BCUT2D eigenvalue weighted by Crippen LogP contribution is -2.33. The van der Waals surface area contributed by atoms with Gasteiger partial charge in [0.1, 0.15) is 21.4 Å². The number of hydrogen-bond acceptors (Lipinski definition) is 5. The van der Waals surface area contributed by atoms with E-state index in [9.17, 15) is 31.2 Å². The number of ether oxygens (including phenoxy) is 1. The first-order chi connectivity index (χ1) is 18.9. The number of sulfone groups is 1. The van der Waals surface area contributed by atoms with E-state index >= 15 is 0 Å². The van der Waals surface area contributed by atoms with Crippen LogP contribution in [0.15, 0.2) is 71.5 Å². The van der Waals surface area contributed by atoms with Crippen LogP contribution in [-0.4, -0.2) is 41.5 Å². The van der Waals surface area contributed by atoms with Gasteiger partial charge in [-0.2, -0.15) is 8.78 Å². The molecular formula is C29H27F3N2O5S. The third-order valence-electron chi connectivity index (χ3n) is 7.43. The molecule has 1 aliphatic rings. The summed E-state index contributed by atoms with van der Waals surface area (Å²) in [6, 6.07) is 16.3. The minimum Gasteiger partial charge on any atom is -0.435 e. The maximum absolute atomic E-state index is 13.7.